The van der Waals surface area contributed by atoms with Crippen molar-refractivity contribution in [1.29, 1.82) is 0 Å². The van der Waals surface area contributed by atoms with E-state index in [0.717, 1.165) is 10.5 Å². The fourth-order valence-corrected chi connectivity index (χ4v) is 4.61. The van der Waals surface area contributed by atoms with Crippen LogP contribution in [0.1, 0.15) is 48.2 Å². The molecule has 1 N–H and O–H groups in total. The molecule has 2 aromatic rings. The molecule has 2 aliphatic rings. The maximum atomic E-state index is 14.8. The average Bonchev–Trinajstić information content (AvgIpc) is 2.97. The monoisotopic (exact) mass is 471 g/mol. The molecule has 0 bridgehead atoms. The Kier molecular flexibility index (Phi) is 5.62. The summed E-state index contributed by atoms with van der Waals surface area (Å²) in [6.45, 7) is 5.10. The number of allylic oxidation sites excluding steroid dienone is 1. The number of nitrogens with one attached hydrogen (secondary N) is 1. The number of Topliss-reactive ketones (excluding diaryl/α,β-unsaturated/α-hetero) is 1. The van der Waals surface area contributed by atoms with Crippen molar-refractivity contribution in [3.8, 4) is 0 Å². The maximum absolute atomic E-state index is 14.8. The van der Waals surface area contributed by atoms with Gasteiger partial charge in [-0.3, -0.25) is 19.4 Å². The Morgan fingerprint density at radius 3 is 2.38 bits per heavy atom. The van der Waals surface area contributed by atoms with Crippen molar-refractivity contribution < 1.29 is 27.6 Å². The van der Waals surface area contributed by atoms with Gasteiger partial charge >= 0.3 is 6.18 Å². The van der Waals surface area contributed by atoms with Crippen molar-refractivity contribution in [3.63, 3.8) is 0 Å². The van der Waals surface area contributed by atoms with Gasteiger partial charge in [0.2, 0.25) is 5.54 Å². The van der Waals surface area contributed by atoms with Crippen molar-refractivity contribution in [2.45, 2.75) is 51.9 Å². The molecule has 4 rings (SSSR count). The number of aromatic nitrogens is 1. The van der Waals surface area contributed by atoms with Gasteiger partial charge in [0, 0.05) is 30.1 Å². The molecule has 0 saturated heterocycles. The summed E-state index contributed by atoms with van der Waals surface area (Å²) in [6, 6.07) is 9.16. The Balaban J connectivity index is 1.86. The molecular weight excluding hydrogens is 447 g/mol. The predicted molar refractivity (Wildman–Crippen MR) is 117 cm³/mol. The van der Waals surface area contributed by atoms with Crippen LogP contribution in [0.2, 0.25) is 0 Å². The summed E-state index contributed by atoms with van der Waals surface area (Å²) in [5.41, 5.74) is -3.52. The molecule has 1 atom stereocenters. The van der Waals surface area contributed by atoms with E-state index in [0.29, 0.717) is 5.56 Å². The van der Waals surface area contributed by atoms with E-state index < -0.39 is 40.3 Å². The fourth-order valence-electron chi connectivity index (χ4n) is 4.61. The highest BCUT2D eigenvalue weighted by Gasteiger charge is 2.71. The second kappa shape index (κ2) is 8.07. The van der Waals surface area contributed by atoms with Gasteiger partial charge in [0.15, 0.2) is 5.78 Å². The molecule has 1 aliphatic carbocycles. The van der Waals surface area contributed by atoms with Crippen molar-refractivity contribution >= 4 is 17.6 Å². The highest BCUT2D eigenvalue weighted by Crippen LogP contribution is 2.52. The van der Waals surface area contributed by atoms with Crippen molar-refractivity contribution in [3.05, 3.63) is 76.8 Å². The number of benzene rings is 1. The van der Waals surface area contributed by atoms with Gasteiger partial charge in [0.05, 0.1) is 12.1 Å². The third-order valence-electron chi connectivity index (χ3n) is 6.22. The summed E-state index contributed by atoms with van der Waals surface area (Å²) in [6.07, 6.45) is -2.38. The van der Waals surface area contributed by atoms with E-state index in [2.05, 4.69) is 4.98 Å². The molecule has 34 heavy (non-hydrogen) atoms. The van der Waals surface area contributed by atoms with Crippen LogP contribution in [0, 0.1) is 12.3 Å². The van der Waals surface area contributed by atoms with Crippen molar-refractivity contribution in [2.75, 3.05) is 0 Å². The second-order valence-electron chi connectivity index (χ2n) is 9.58. The van der Waals surface area contributed by atoms with E-state index in [-0.39, 0.29) is 30.6 Å². The summed E-state index contributed by atoms with van der Waals surface area (Å²) >= 11 is 0. The van der Waals surface area contributed by atoms with Crippen LogP contribution in [0.5, 0.6) is 0 Å². The lowest BCUT2D eigenvalue weighted by atomic mass is 9.72. The van der Waals surface area contributed by atoms with Gasteiger partial charge in [0.1, 0.15) is 0 Å². The first-order chi connectivity index (χ1) is 15.9. The summed E-state index contributed by atoms with van der Waals surface area (Å²) in [5.74, 6) is -3.27. The average molecular weight is 471 g/mol. The van der Waals surface area contributed by atoms with Crippen molar-refractivity contribution in [2.24, 2.45) is 5.41 Å². The molecule has 9 heteroatoms. The van der Waals surface area contributed by atoms with Gasteiger partial charge in [-0.05, 0) is 42.5 Å². The predicted octanol–water partition coefficient (Wildman–Crippen LogP) is 4.11. The van der Waals surface area contributed by atoms with Crippen LogP contribution in [0.4, 0.5) is 13.2 Å². The van der Waals surface area contributed by atoms with Crippen LogP contribution < -0.4 is 5.32 Å². The Morgan fingerprint density at radius 1 is 1.12 bits per heavy atom. The van der Waals surface area contributed by atoms with Gasteiger partial charge < -0.3 is 10.2 Å². The lowest BCUT2D eigenvalue weighted by molar-refractivity contribution is -0.190. The van der Waals surface area contributed by atoms with E-state index in [1.807, 2.05) is 5.32 Å². The number of ketones is 1. The summed E-state index contributed by atoms with van der Waals surface area (Å²) < 4.78 is 44.4. The quantitative estimate of drug-likeness (QED) is 0.728. The zero-order valence-corrected chi connectivity index (χ0v) is 19.0. The molecule has 0 saturated carbocycles. The molecule has 1 aliphatic heterocycles. The number of halogens is 3. The number of hydrogen-bond acceptors (Lipinski definition) is 4. The minimum atomic E-state index is -5.24. The van der Waals surface area contributed by atoms with Gasteiger partial charge in [0.25, 0.3) is 11.8 Å². The van der Waals surface area contributed by atoms with Crippen LogP contribution in [0.3, 0.4) is 0 Å². The minimum absolute atomic E-state index is 0.00312. The van der Waals surface area contributed by atoms with E-state index in [1.54, 1.807) is 45.0 Å². The largest absolute Gasteiger partial charge is 0.425 e. The first kappa shape index (κ1) is 23.7. The number of carbonyl (C=O) groups is 3. The minimum Gasteiger partial charge on any atom is -0.326 e. The fraction of sp³-hybridized carbons (Fsp3) is 0.360. The standard InChI is InChI=1S/C25H24F3N3O3/c1-15-6-8-17(9-7-15)21(33)30-24(25(26,27)28)20-18(11-23(2,3)12-19(20)32)31(22(24)34)14-16-5-4-10-29-13-16/h4-10,13H,11-12,14H2,1-3H3,(H,30,33). The molecule has 2 heterocycles. The van der Waals surface area contributed by atoms with E-state index >= 15 is 0 Å². The van der Waals surface area contributed by atoms with Gasteiger partial charge in [-0.15, -0.1) is 0 Å². The third kappa shape index (κ3) is 3.89. The highest BCUT2D eigenvalue weighted by molar-refractivity contribution is 6.14. The molecule has 0 fully saturated rings. The van der Waals surface area contributed by atoms with Crippen LogP contribution >= 0.6 is 0 Å². The number of nitrogens with zero attached hydrogens (tertiary/aromatic N) is 2. The molecule has 2 amide bonds. The number of alkyl halides is 3. The summed E-state index contributed by atoms with van der Waals surface area (Å²) in [4.78, 5) is 44.7. The molecule has 178 valence electrons. The maximum Gasteiger partial charge on any atom is 0.425 e. The van der Waals surface area contributed by atoms with Crippen molar-refractivity contribution in [1.82, 2.24) is 15.2 Å². The number of amides is 2. The number of rotatable bonds is 4. The lowest BCUT2D eigenvalue weighted by Crippen LogP contribution is -2.66. The zero-order chi connectivity index (χ0) is 24.9. The smallest absolute Gasteiger partial charge is 0.326 e. The van der Waals surface area contributed by atoms with E-state index in [4.69, 9.17) is 0 Å². The highest BCUT2D eigenvalue weighted by atomic mass is 19.4. The number of aryl methyl sites for hydroxylation is 1. The lowest BCUT2D eigenvalue weighted by Gasteiger charge is -2.35. The van der Waals surface area contributed by atoms with Crippen LogP contribution in [-0.2, 0) is 16.1 Å². The molecular formula is C25H24F3N3O3. The second-order valence-corrected chi connectivity index (χ2v) is 9.58. The number of pyridine rings is 1. The molecule has 0 spiro atoms. The van der Waals surface area contributed by atoms with Gasteiger partial charge in [-0.1, -0.05) is 37.6 Å². The first-order valence-electron chi connectivity index (χ1n) is 10.8. The zero-order valence-electron chi connectivity index (χ0n) is 19.0. The summed E-state index contributed by atoms with van der Waals surface area (Å²) in [5, 5.41) is 1.94. The Hall–Kier alpha value is -3.49. The first-order valence-corrected chi connectivity index (χ1v) is 10.8. The van der Waals surface area contributed by atoms with Crippen LogP contribution in [0.25, 0.3) is 0 Å². The van der Waals surface area contributed by atoms with Gasteiger partial charge in [-0.2, -0.15) is 13.2 Å². The van der Waals surface area contributed by atoms with E-state index in [9.17, 15) is 27.6 Å². The molecule has 1 unspecified atom stereocenters. The molecule has 1 aromatic carbocycles. The molecule has 0 radical (unpaired) electrons. The topological polar surface area (TPSA) is 79.4 Å². The Morgan fingerprint density at radius 2 is 1.79 bits per heavy atom. The molecule has 6 nitrogen and oxygen atoms in total. The van der Waals surface area contributed by atoms with Crippen LogP contribution in [-0.4, -0.2) is 39.2 Å². The number of carbonyl (C=O) groups excluding carboxylic acids is 3. The van der Waals surface area contributed by atoms with Gasteiger partial charge in [-0.25, -0.2) is 0 Å². The van der Waals surface area contributed by atoms with Crippen LogP contribution in [0.15, 0.2) is 60.1 Å². The number of hydrogen-bond donors (Lipinski definition) is 1. The SMILES string of the molecule is Cc1ccc(C(=O)NC2(C(F)(F)F)C(=O)N(Cc3cccnc3)C3=C2C(=O)CC(C)(C)C3)cc1. The third-order valence-corrected chi connectivity index (χ3v) is 6.22. The van der Waals surface area contributed by atoms with E-state index in [1.165, 1.54) is 24.5 Å². The normalized spacial score (nSPS) is 22.1. The Bertz CT molecular complexity index is 1190. The molecule has 1 aromatic heterocycles. The summed E-state index contributed by atoms with van der Waals surface area (Å²) in [7, 11) is 0. The Labute approximate surface area is 194 Å².